The summed E-state index contributed by atoms with van der Waals surface area (Å²) in [7, 11) is 1.80. The summed E-state index contributed by atoms with van der Waals surface area (Å²) in [6.07, 6.45) is 3.30. The molecule has 0 spiro atoms. The summed E-state index contributed by atoms with van der Waals surface area (Å²) in [5.74, 6) is -0.125. The SMILES string of the molecule is CC(COC1CCCc2ccccc21)CS(=O)(=O)Cl. The van der Waals surface area contributed by atoms with E-state index in [2.05, 4.69) is 12.1 Å². The van der Waals surface area contributed by atoms with Crippen LogP contribution in [0.2, 0.25) is 0 Å². The fourth-order valence-corrected chi connectivity index (χ4v) is 3.97. The first-order valence-electron chi connectivity index (χ1n) is 6.57. The summed E-state index contributed by atoms with van der Waals surface area (Å²) in [6.45, 7) is 2.26. The van der Waals surface area contributed by atoms with E-state index in [1.54, 1.807) is 0 Å². The van der Waals surface area contributed by atoms with Crippen LogP contribution in [0.5, 0.6) is 0 Å². The maximum Gasteiger partial charge on any atom is 0.232 e. The van der Waals surface area contributed by atoms with Crippen molar-refractivity contribution in [3.63, 3.8) is 0 Å². The molecular formula is C14H19ClO3S. The van der Waals surface area contributed by atoms with Gasteiger partial charge in [-0.1, -0.05) is 31.2 Å². The van der Waals surface area contributed by atoms with Gasteiger partial charge >= 0.3 is 0 Å². The van der Waals surface area contributed by atoms with Gasteiger partial charge in [0, 0.05) is 10.7 Å². The number of rotatable bonds is 5. The number of hydrogen-bond donors (Lipinski definition) is 0. The van der Waals surface area contributed by atoms with Crippen LogP contribution in [0.4, 0.5) is 0 Å². The molecular weight excluding hydrogens is 284 g/mol. The minimum atomic E-state index is -3.44. The Kier molecular flexibility index (Phi) is 4.87. The number of fused-ring (bicyclic) bond motifs is 1. The molecule has 0 heterocycles. The predicted octanol–water partition coefficient (Wildman–Crippen LogP) is 3.29. The minimum absolute atomic E-state index is 0.0388. The lowest BCUT2D eigenvalue weighted by atomic mass is 9.89. The van der Waals surface area contributed by atoms with Crippen molar-refractivity contribution in [2.45, 2.75) is 32.3 Å². The van der Waals surface area contributed by atoms with Gasteiger partial charge in [0.2, 0.25) is 9.05 Å². The number of benzene rings is 1. The van der Waals surface area contributed by atoms with Crippen LogP contribution in [0.3, 0.4) is 0 Å². The smallest absolute Gasteiger partial charge is 0.232 e. The Balaban J connectivity index is 1.94. The molecule has 2 rings (SSSR count). The van der Waals surface area contributed by atoms with Gasteiger partial charge in [0.05, 0.1) is 18.5 Å². The van der Waals surface area contributed by atoms with E-state index in [9.17, 15) is 8.42 Å². The van der Waals surface area contributed by atoms with Gasteiger partial charge in [-0.15, -0.1) is 0 Å². The van der Waals surface area contributed by atoms with E-state index in [1.807, 2.05) is 19.1 Å². The summed E-state index contributed by atoms with van der Waals surface area (Å²) >= 11 is 0. The highest BCUT2D eigenvalue weighted by molar-refractivity contribution is 8.13. The Morgan fingerprint density at radius 2 is 2.16 bits per heavy atom. The maximum absolute atomic E-state index is 11.0. The van der Waals surface area contributed by atoms with Crippen LogP contribution in [-0.4, -0.2) is 20.8 Å². The number of hydrogen-bond acceptors (Lipinski definition) is 3. The summed E-state index contributed by atoms with van der Waals surface area (Å²) in [4.78, 5) is 0. The first kappa shape index (κ1) is 14.8. The van der Waals surface area contributed by atoms with E-state index < -0.39 is 9.05 Å². The lowest BCUT2D eigenvalue weighted by molar-refractivity contribution is 0.0249. The number of halogens is 1. The third kappa shape index (κ3) is 4.48. The van der Waals surface area contributed by atoms with Crippen molar-refractivity contribution >= 4 is 19.7 Å². The zero-order valence-electron chi connectivity index (χ0n) is 11.0. The molecule has 0 saturated carbocycles. The van der Waals surface area contributed by atoms with Crippen molar-refractivity contribution in [1.82, 2.24) is 0 Å². The molecule has 0 aromatic heterocycles. The Bertz CT molecular complexity index is 527. The standard InChI is InChI=1S/C14H19ClO3S/c1-11(10-19(15,16)17)9-18-14-8-4-6-12-5-2-3-7-13(12)14/h2-3,5,7,11,14H,4,6,8-10H2,1H3. The van der Waals surface area contributed by atoms with E-state index in [4.69, 9.17) is 15.4 Å². The average Bonchev–Trinajstić information content (AvgIpc) is 2.34. The zero-order chi connectivity index (χ0) is 13.9. The van der Waals surface area contributed by atoms with E-state index >= 15 is 0 Å². The van der Waals surface area contributed by atoms with Crippen molar-refractivity contribution in [3.8, 4) is 0 Å². The molecule has 5 heteroatoms. The second kappa shape index (κ2) is 6.25. The third-order valence-corrected chi connectivity index (χ3v) is 4.73. The van der Waals surface area contributed by atoms with Gasteiger partial charge in [-0.25, -0.2) is 8.42 Å². The summed E-state index contributed by atoms with van der Waals surface area (Å²) in [6, 6.07) is 8.30. The summed E-state index contributed by atoms with van der Waals surface area (Å²) < 4.78 is 27.9. The topological polar surface area (TPSA) is 43.4 Å². The highest BCUT2D eigenvalue weighted by Gasteiger charge is 2.21. The Hall–Kier alpha value is -0.580. The van der Waals surface area contributed by atoms with Crippen molar-refractivity contribution in [2.75, 3.05) is 12.4 Å². The highest BCUT2D eigenvalue weighted by Crippen LogP contribution is 2.32. The molecule has 2 unspecified atom stereocenters. The van der Waals surface area contributed by atoms with Crippen LogP contribution in [0.1, 0.15) is 37.0 Å². The molecule has 3 nitrogen and oxygen atoms in total. The largest absolute Gasteiger partial charge is 0.373 e. The first-order valence-corrected chi connectivity index (χ1v) is 9.05. The number of ether oxygens (including phenoxy) is 1. The van der Waals surface area contributed by atoms with Gasteiger partial charge in [-0.2, -0.15) is 0 Å². The predicted molar refractivity (Wildman–Crippen MR) is 76.9 cm³/mol. The second-order valence-corrected chi connectivity index (χ2v) is 8.05. The highest BCUT2D eigenvalue weighted by atomic mass is 35.7. The molecule has 0 radical (unpaired) electrons. The Labute approximate surface area is 119 Å². The van der Waals surface area contributed by atoms with Crippen LogP contribution in [-0.2, 0) is 20.2 Å². The van der Waals surface area contributed by atoms with Crippen LogP contribution in [0, 0.1) is 5.92 Å². The monoisotopic (exact) mass is 302 g/mol. The van der Waals surface area contributed by atoms with Crippen LogP contribution >= 0.6 is 10.7 Å². The number of aryl methyl sites for hydroxylation is 1. The van der Waals surface area contributed by atoms with Gasteiger partial charge < -0.3 is 4.74 Å². The average molecular weight is 303 g/mol. The van der Waals surface area contributed by atoms with Gasteiger partial charge in [0.1, 0.15) is 0 Å². The van der Waals surface area contributed by atoms with E-state index in [-0.39, 0.29) is 17.8 Å². The van der Waals surface area contributed by atoms with E-state index in [0.717, 1.165) is 19.3 Å². The molecule has 0 bridgehead atoms. The Morgan fingerprint density at radius 1 is 1.42 bits per heavy atom. The molecule has 0 saturated heterocycles. The fourth-order valence-electron chi connectivity index (χ4n) is 2.55. The fraction of sp³-hybridized carbons (Fsp3) is 0.571. The lowest BCUT2D eigenvalue weighted by Gasteiger charge is -2.26. The molecule has 106 valence electrons. The quantitative estimate of drug-likeness (QED) is 0.784. The van der Waals surface area contributed by atoms with Gasteiger partial charge in [0.25, 0.3) is 0 Å². The molecule has 1 aliphatic carbocycles. The summed E-state index contributed by atoms with van der Waals surface area (Å²) in [5.41, 5.74) is 2.59. The molecule has 19 heavy (non-hydrogen) atoms. The molecule has 1 aromatic rings. The minimum Gasteiger partial charge on any atom is -0.373 e. The van der Waals surface area contributed by atoms with E-state index in [0.29, 0.717) is 6.61 Å². The zero-order valence-corrected chi connectivity index (χ0v) is 12.6. The van der Waals surface area contributed by atoms with Crippen molar-refractivity contribution in [1.29, 1.82) is 0 Å². The van der Waals surface area contributed by atoms with Gasteiger partial charge in [-0.3, -0.25) is 0 Å². The maximum atomic E-state index is 11.0. The van der Waals surface area contributed by atoms with E-state index in [1.165, 1.54) is 11.1 Å². The van der Waals surface area contributed by atoms with Crippen LogP contribution in [0.15, 0.2) is 24.3 Å². The molecule has 0 N–H and O–H groups in total. The lowest BCUT2D eigenvalue weighted by Crippen LogP contribution is -2.19. The molecule has 2 atom stereocenters. The van der Waals surface area contributed by atoms with Crippen LogP contribution < -0.4 is 0 Å². The molecule has 0 aliphatic heterocycles. The molecule has 1 aliphatic rings. The normalized spacial score (nSPS) is 20.8. The van der Waals surface area contributed by atoms with Crippen molar-refractivity contribution in [3.05, 3.63) is 35.4 Å². The second-order valence-electron chi connectivity index (χ2n) is 5.22. The Morgan fingerprint density at radius 3 is 2.89 bits per heavy atom. The molecule has 0 fully saturated rings. The molecule has 1 aromatic carbocycles. The van der Waals surface area contributed by atoms with Crippen LogP contribution in [0.25, 0.3) is 0 Å². The van der Waals surface area contributed by atoms with Gasteiger partial charge in [0.15, 0.2) is 0 Å². The summed E-state index contributed by atoms with van der Waals surface area (Å²) in [5, 5.41) is 0. The third-order valence-electron chi connectivity index (χ3n) is 3.38. The van der Waals surface area contributed by atoms with Gasteiger partial charge in [-0.05, 0) is 36.3 Å². The first-order chi connectivity index (χ1) is 8.96. The van der Waals surface area contributed by atoms with Crippen molar-refractivity contribution in [2.24, 2.45) is 5.92 Å². The van der Waals surface area contributed by atoms with Crippen molar-refractivity contribution < 1.29 is 13.2 Å². The molecule has 0 amide bonds.